The predicted octanol–water partition coefficient (Wildman–Crippen LogP) is 3.23. The summed E-state index contributed by atoms with van der Waals surface area (Å²) in [5, 5.41) is 3.66. The van der Waals surface area contributed by atoms with Gasteiger partial charge in [0.25, 0.3) is 0 Å². The molecule has 0 amide bonds. The molecule has 0 saturated carbocycles. The second kappa shape index (κ2) is 4.81. The highest BCUT2D eigenvalue weighted by Crippen LogP contribution is 2.17. The molecule has 4 heteroatoms. The first-order chi connectivity index (χ1) is 6.88. The number of halogens is 1. The second-order valence-electron chi connectivity index (χ2n) is 4.40. The van der Waals surface area contributed by atoms with Gasteiger partial charge in [-0.05, 0) is 39.3 Å². The largest absolute Gasteiger partial charge is 0.361 e. The van der Waals surface area contributed by atoms with E-state index in [0.717, 1.165) is 11.3 Å². The van der Waals surface area contributed by atoms with E-state index in [0.29, 0.717) is 11.9 Å². The molecule has 0 bridgehead atoms. The molecule has 0 radical (unpaired) electrons. The van der Waals surface area contributed by atoms with E-state index in [1.807, 2.05) is 33.8 Å². The van der Waals surface area contributed by atoms with Crippen molar-refractivity contribution in [2.45, 2.75) is 33.3 Å². The van der Waals surface area contributed by atoms with Gasteiger partial charge in [0.1, 0.15) is 11.9 Å². The maximum absolute atomic E-state index is 5.75. The Morgan fingerprint density at radius 2 is 2.13 bits per heavy atom. The molecule has 1 aromatic rings. The van der Waals surface area contributed by atoms with Gasteiger partial charge in [-0.15, -0.1) is 0 Å². The topological polar surface area (TPSA) is 34.2 Å². The third-order valence-corrected chi connectivity index (χ3v) is 2.05. The standard InChI is InChI=1S/C11H17ClN2O/c1-8-5-10(12)13-6-9(8)14-7-15-11(2,3)4/h5-6,14H,7H2,1-4H3. The Morgan fingerprint density at radius 1 is 1.47 bits per heavy atom. The summed E-state index contributed by atoms with van der Waals surface area (Å²) in [6.07, 6.45) is 1.71. The maximum atomic E-state index is 5.75. The van der Waals surface area contributed by atoms with Crippen LogP contribution in [0.5, 0.6) is 0 Å². The SMILES string of the molecule is Cc1cc(Cl)ncc1NCOC(C)(C)C. The minimum absolute atomic E-state index is 0.138. The van der Waals surface area contributed by atoms with Crippen molar-refractivity contribution in [2.75, 3.05) is 12.0 Å². The van der Waals surface area contributed by atoms with Crippen LogP contribution in [-0.2, 0) is 4.74 Å². The number of aryl methyl sites for hydroxylation is 1. The van der Waals surface area contributed by atoms with E-state index in [1.165, 1.54) is 0 Å². The zero-order valence-electron chi connectivity index (χ0n) is 9.60. The summed E-state index contributed by atoms with van der Waals surface area (Å²) in [5.74, 6) is 0. The summed E-state index contributed by atoms with van der Waals surface area (Å²) in [5.41, 5.74) is 1.87. The van der Waals surface area contributed by atoms with E-state index < -0.39 is 0 Å². The zero-order valence-corrected chi connectivity index (χ0v) is 10.4. The van der Waals surface area contributed by atoms with Gasteiger partial charge in [-0.1, -0.05) is 11.6 Å². The van der Waals surface area contributed by atoms with Crippen molar-refractivity contribution in [2.24, 2.45) is 0 Å². The van der Waals surface area contributed by atoms with Crippen molar-refractivity contribution < 1.29 is 4.74 Å². The normalized spacial score (nSPS) is 11.5. The van der Waals surface area contributed by atoms with Crippen LogP contribution in [0.2, 0.25) is 5.15 Å². The highest BCUT2D eigenvalue weighted by atomic mass is 35.5. The van der Waals surface area contributed by atoms with Crippen molar-refractivity contribution in [3.05, 3.63) is 23.0 Å². The molecule has 0 unspecified atom stereocenters. The fourth-order valence-corrected chi connectivity index (χ4v) is 1.25. The maximum Gasteiger partial charge on any atom is 0.129 e. The van der Waals surface area contributed by atoms with Gasteiger partial charge in [-0.25, -0.2) is 4.98 Å². The molecule has 1 heterocycles. The zero-order chi connectivity index (χ0) is 11.5. The Hall–Kier alpha value is -0.800. The Bertz CT molecular complexity index is 334. The molecule has 0 saturated heterocycles. The molecule has 3 nitrogen and oxygen atoms in total. The van der Waals surface area contributed by atoms with Crippen molar-refractivity contribution in [1.29, 1.82) is 0 Å². The minimum Gasteiger partial charge on any atom is -0.361 e. The molecule has 0 spiro atoms. The Labute approximate surface area is 95.8 Å². The quantitative estimate of drug-likeness (QED) is 0.637. The van der Waals surface area contributed by atoms with E-state index >= 15 is 0 Å². The summed E-state index contributed by atoms with van der Waals surface area (Å²) >= 11 is 5.75. The Kier molecular flexibility index (Phi) is 3.94. The highest BCUT2D eigenvalue weighted by Gasteiger charge is 2.09. The number of hydrogen-bond donors (Lipinski definition) is 1. The van der Waals surface area contributed by atoms with Crippen molar-refractivity contribution in [3.8, 4) is 0 Å². The fourth-order valence-electron chi connectivity index (χ4n) is 1.04. The predicted molar refractivity (Wildman–Crippen MR) is 63.3 cm³/mol. The molecule has 1 aromatic heterocycles. The van der Waals surface area contributed by atoms with Crippen LogP contribution >= 0.6 is 11.6 Å². The monoisotopic (exact) mass is 228 g/mol. The van der Waals surface area contributed by atoms with Crippen LogP contribution in [0.1, 0.15) is 26.3 Å². The molecule has 15 heavy (non-hydrogen) atoms. The van der Waals surface area contributed by atoms with Crippen LogP contribution in [0.15, 0.2) is 12.3 Å². The summed E-state index contributed by atoms with van der Waals surface area (Å²) in [6, 6.07) is 1.82. The number of nitrogens with zero attached hydrogens (tertiary/aromatic N) is 1. The number of hydrogen-bond acceptors (Lipinski definition) is 3. The smallest absolute Gasteiger partial charge is 0.129 e. The first-order valence-corrected chi connectivity index (χ1v) is 5.26. The van der Waals surface area contributed by atoms with Gasteiger partial charge < -0.3 is 10.1 Å². The van der Waals surface area contributed by atoms with Crippen molar-refractivity contribution in [1.82, 2.24) is 4.98 Å². The van der Waals surface area contributed by atoms with Crippen LogP contribution < -0.4 is 5.32 Å². The molecule has 0 fully saturated rings. The molecule has 0 aliphatic heterocycles. The Balaban J connectivity index is 2.51. The van der Waals surface area contributed by atoms with Gasteiger partial charge in [0, 0.05) is 0 Å². The minimum atomic E-state index is -0.138. The van der Waals surface area contributed by atoms with E-state index in [1.54, 1.807) is 6.20 Å². The van der Waals surface area contributed by atoms with Gasteiger partial charge in [0.15, 0.2) is 0 Å². The van der Waals surface area contributed by atoms with E-state index in [2.05, 4.69) is 10.3 Å². The number of aromatic nitrogens is 1. The number of ether oxygens (including phenoxy) is 1. The summed E-state index contributed by atoms with van der Waals surface area (Å²) < 4.78 is 5.55. The van der Waals surface area contributed by atoms with E-state index in [4.69, 9.17) is 16.3 Å². The van der Waals surface area contributed by atoms with Gasteiger partial charge in [-0.3, -0.25) is 0 Å². The summed E-state index contributed by atoms with van der Waals surface area (Å²) in [6.45, 7) is 8.49. The van der Waals surface area contributed by atoms with Crippen molar-refractivity contribution >= 4 is 17.3 Å². The average Bonchev–Trinajstić information content (AvgIpc) is 2.07. The molecular weight excluding hydrogens is 212 g/mol. The lowest BCUT2D eigenvalue weighted by molar-refractivity contribution is 0.00843. The highest BCUT2D eigenvalue weighted by molar-refractivity contribution is 6.29. The van der Waals surface area contributed by atoms with Crippen LogP contribution in [0.4, 0.5) is 5.69 Å². The summed E-state index contributed by atoms with van der Waals surface area (Å²) in [7, 11) is 0. The lowest BCUT2D eigenvalue weighted by Gasteiger charge is -2.20. The third kappa shape index (κ3) is 4.49. The molecule has 0 aliphatic rings. The average molecular weight is 229 g/mol. The van der Waals surface area contributed by atoms with E-state index in [-0.39, 0.29) is 5.60 Å². The molecule has 1 N–H and O–H groups in total. The number of pyridine rings is 1. The van der Waals surface area contributed by atoms with E-state index in [9.17, 15) is 0 Å². The molecular formula is C11H17ClN2O. The molecule has 0 atom stereocenters. The number of anilines is 1. The first-order valence-electron chi connectivity index (χ1n) is 4.88. The molecule has 84 valence electrons. The Morgan fingerprint density at radius 3 is 2.67 bits per heavy atom. The lowest BCUT2D eigenvalue weighted by Crippen LogP contribution is -2.23. The van der Waals surface area contributed by atoms with Gasteiger partial charge >= 0.3 is 0 Å². The molecule has 0 aromatic carbocycles. The van der Waals surface area contributed by atoms with Gasteiger partial charge in [0.05, 0.1) is 17.5 Å². The lowest BCUT2D eigenvalue weighted by atomic mass is 10.2. The third-order valence-electron chi connectivity index (χ3n) is 1.85. The van der Waals surface area contributed by atoms with Gasteiger partial charge in [-0.2, -0.15) is 0 Å². The summed E-state index contributed by atoms with van der Waals surface area (Å²) in [4.78, 5) is 4.00. The van der Waals surface area contributed by atoms with Crippen LogP contribution in [0.25, 0.3) is 0 Å². The number of nitrogens with one attached hydrogen (secondary N) is 1. The van der Waals surface area contributed by atoms with Gasteiger partial charge in [0.2, 0.25) is 0 Å². The van der Waals surface area contributed by atoms with Crippen LogP contribution in [0, 0.1) is 6.92 Å². The first kappa shape index (κ1) is 12.3. The van der Waals surface area contributed by atoms with Crippen LogP contribution in [0.3, 0.4) is 0 Å². The molecule has 1 rings (SSSR count). The van der Waals surface area contributed by atoms with Crippen LogP contribution in [-0.4, -0.2) is 17.3 Å². The number of rotatable bonds is 3. The second-order valence-corrected chi connectivity index (χ2v) is 4.79. The molecule has 0 aliphatic carbocycles. The van der Waals surface area contributed by atoms with Crippen molar-refractivity contribution in [3.63, 3.8) is 0 Å². The fraction of sp³-hybridized carbons (Fsp3) is 0.545.